The standard InChI is InChI=1S/C15H21N/c1-2-3-4-5-6-9-13-12-16-15-11-8-7-10-14(13)15/h7-8,10-12,16H,2-6,9H2,1H3. The summed E-state index contributed by atoms with van der Waals surface area (Å²) >= 11 is 0. The Labute approximate surface area is 97.9 Å². The van der Waals surface area contributed by atoms with Crippen LogP contribution in [0, 0.1) is 0 Å². The van der Waals surface area contributed by atoms with Gasteiger partial charge in [-0.05, 0) is 24.5 Å². The second-order valence-corrected chi connectivity index (χ2v) is 4.52. The van der Waals surface area contributed by atoms with E-state index in [1.54, 1.807) is 0 Å². The number of rotatable bonds is 6. The lowest BCUT2D eigenvalue weighted by molar-refractivity contribution is 0.633. The van der Waals surface area contributed by atoms with E-state index in [9.17, 15) is 0 Å². The summed E-state index contributed by atoms with van der Waals surface area (Å²) < 4.78 is 0. The molecule has 0 aliphatic heterocycles. The largest absolute Gasteiger partial charge is 0.361 e. The Bertz CT molecular complexity index is 428. The summed E-state index contributed by atoms with van der Waals surface area (Å²) in [5.74, 6) is 0. The summed E-state index contributed by atoms with van der Waals surface area (Å²) in [5, 5.41) is 1.40. The zero-order chi connectivity index (χ0) is 11.2. The molecule has 0 fully saturated rings. The van der Waals surface area contributed by atoms with Gasteiger partial charge in [0.2, 0.25) is 0 Å². The average molecular weight is 215 g/mol. The SMILES string of the molecule is CCCCCCCc1c[nH]c2ccccc12. The lowest BCUT2D eigenvalue weighted by Gasteiger charge is -1.99. The molecule has 1 heterocycles. The Balaban J connectivity index is 1.89. The fourth-order valence-electron chi connectivity index (χ4n) is 2.26. The zero-order valence-corrected chi connectivity index (χ0v) is 10.1. The molecule has 1 N–H and O–H groups in total. The smallest absolute Gasteiger partial charge is 0.0456 e. The Hall–Kier alpha value is -1.24. The molecule has 1 nitrogen and oxygen atoms in total. The molecule has 0 saturated heterocycles. The average Bonchev–Trinajstić information content (AvgIpc) is 2.73. The maximum Gasteiger partial charge on any atom is 0.0456 e. The summed E-state index contributed by atoms with van der Waals surface area (Å²) in [6.07, 6.45) is 10.2. The molecule has 1 aromatic carbocycles. The van der Waals surface area contributed by atoms with Crippen molar-refractivity contribution in [2.24, 2.45) is 0 Å². The van der Waals surface area contributed by atoms with Gasteiger partial charge in [-0.2, -0.15) is 0 Å². The summed E-state index contributed by atoms with van der Waals surface area (Å²) in [4.78, 5) is 3.34. The molecule has 86 valence electrons. The molecular formula is C15H21N. The number of aromatic amines is 1. The van der Waals surface area contributed by atoms with Gasteiger partial charge in [-0.15, -0.1) is 0 Å². The number of fused-ring (bicyclic) bond motifs is 1. The van der Waals surface area contributed by atoms with Gasteiger partial charge in [0, 0.05) is 17.1 Å². The number of para-hydroxylation sites is 1. The predicted molar refractivity (Wildman–Crippen MR) is 70.8 cm³/mol. The minimum atomic E-state index is 1.22. The lowest BCUT2D eigenvalue weighted by atomic mass is 10.1. The highest BCUT2D eigenvalue weighted by Crippen LogP contribution is 2.19. The first-order valence-electron chi connectivity index (χ1n) is 6.47. The van der Waals surface area contributed by atoms with E-state index >= 15 is 0 Å². The van der Waals surface area contributed by atoms with Crippen molar-refractivity contribution in [3.05, 3.63) is 36.0 Å². The highest BCUT2D eigenvalue weighted by molar-refractivity contribution is 5.82. The number of hydrogen-bond donors (Lipinski definition) is 1. The van der Waals surface area contributed by atoms with Gasteiger partial charge in [0.25, 0.3) is 0 Å². The van der Waals surface area contributed by atoms with Crippen LogP contribution in [-0.2, 0) is 6.42 Å². The highest BCUT2D eigenvalue weighted by Gasteiger charge is 2.01. The molecule has 0 amide bonds. The molecule has 0 radical (unpaired) electrons. The van der Waals surface area contributed by atoms with Gasteiger partial charge >= 0.3 is 0 Å². The van der Waals surface area contributed by atoms with E-state index < -0.39 is 0 Å². The van der Waals surface area contributed by atoms with E-state index in [4.69, 9.17) is 0 Å². The molecular weight excluding hydrogens is 194 g/mol. The third-order valence-corrected chi connectivity index (χ3v) is 3.22. The predicted octanol–water partition coefficient (Wildman–Crippen LogP) is 4.68. The molecule has 2 aromatic rings. The third-order valence-electron chi connectivity index (χ3n) is 3.22. The van der Waals surface area contributed by atoms with Gasteiger partial charge in [0.05, 0.1) is 0 Å². The molecule has 0 atom stereocenters. The van der Waals surface area contributed by atoms with Crippen molar-refractivity contribution in [1.82, 2.24) is 4.98 Å². The topological polar surface area (TPSA) is 15.8 Å². The second-order valence-electron chi connectivity index (χ2n) is 4.52. The zero-order valence-electron chi connectivity index (χ0n) is 10.1. The van der Waals surface area contributed by atoms with Crippen molar-refractivity contribution in [3.8, 4) is 0 Å². The highest BCUT2D eigenvalue weighted by atomic mass is 14.7. The van der Waals surface area contributed by atoms with Crippen LogP contribution in [0.1, 0.15) is 44.6 Å². The summed E-state index contributed by atoms with van der Waals surface area (Å²) in [6, 6.07) is 8.57. The Morgan fingerprint density at radius 2 is 1.81 bits per heavy atom. The molecule has 0 aliphatic rings. The Morgan fingerprint density at radius 3 is 2.69 bits per heavy atom. The van der Waals surface area contributed by atoms with Crippen molar-refractivity contribution < 1.29 is 0 Å². The van der Waals surface area contributed by atoms with Gasteiger partial charge in [-0.3, -0.25) is 0 Å². The molecule has 1 heteroatoms. The van der Waals surface area contributed by atoms with E-state index in [1.807, 2.05) is 0 Å². The van der Waals surface area contributed by atoms with Crippen LogP contribution in [0.5, 0.6) is 0 Å². The fourth-order valence-corrected chi connectivity index (χ4v) is 2.26. The molecule has 2 rings (SSSR count). The van der Waals surface area contributed by atoms with Crippen LogP contribution in [0.4, 0.5) is 0 Å². The van der Waals surface area contributed by atoms with Gasteiger partial charge < -0.3 is 4.98 Å². The van der Waals surface area contributed by atoms with Crippen molar-refractivity contribution in [1.29, 1.82) is 0 Å². The second kappa shape index (κ2) is 5.74. The summed E-state index contributed by atoms with van der Waals surface area (Å²) in [6.45, 7) is 2.26. The quantitative estimate of drug-likeness (QED) is 0.673. The van der Waals surface area contributed by atoms with Gasteiger partial charge in [-0.25, -0.2) is 0 Å². The number of H-pyrrole nitrogens is 1. The normalized spacial score (nSPS) is 11.1. The van der Waals surface area contributed by atoms with Crippen LogP contribution in [-0.4, -0.2) is 4.98 Å². The maximum absolute atomic E-state index is 3.34. The van der Waals surface area contributed by atoms with E-state index in [1.165, 1.54) is 55.0 Å². The molecule has 0 saturated carbocycles. The van der Waals surface area contributed by atoms with Crippen molar-refractivity contribution in [2.45, 2.75) is 45.4 Å². The minimum Gasteiger partial charge on any atom is -0.361 e. The van der Waals surface area contributed by atoms with Crippen LogP contribution in [0.15, 0.2) is 30.5 Å². The van der Waals surface area contributed by atoms with Crippen molar-refractivity contribution >= 4 is 10.9 Å². The molecule has 1 aromatic heterocycles. The first-order chi connectivity index (χ1) is 7.92. The van der Waals surface area contributed by atoms with Crippen LogP contribution >= 0.6 is 0 Å². The molecule has 0 aliphatic carbocycles. The number of unbranched alkanes of at least 4 members (excludes halogenated alkanes) is 4. The molecule has 0 unspecified atom stereocenters. The monoisotopic (exact) mass is 215 g/mol. The first-order valence-corrected chi connectivity index (χ1v) is 6.47. The molecule has 0 bridgehead atoms. The van der Waals surface area contributed by atoms with Crippen LogP contribution in [0.25, 0.3) is 10.9 Å². The summed E-state index contributed by atoms with van der Waals surface area (Å²) in [7, 11) is 0. The van der Waals surface area contributed by atoms with Gasteiger partial charge in [0.1, 0.15) is 0 Å². The molecule has 0 spiro atoms. The van der Waals surface area contributed by atoms with E-state index in [0.717, 1.165) is 0 Å². The van der Waals surface area contributed by atoms with E-state index in [2.05, 4.69) is 42.4 Å². The summed E-state index contributed by atoms with van der Waals surface area (Å²) in [5.41, 5.74) is 2.75. The van der Waals surface area contributed by atoms with E-state index in [0.29, 0.717) is 0 Å². The third kappa shape index (κ3) is 2.66. The van der Waals surface area contributed by atoms with Gasteiger partial charge in [0.15, 0.2) is 0 Å². The Morgan fingerprint density at radius 1 is 1.00 bits per heavy atom. The van der Waals surface area contributed by atoms with Crippen molar-refractivity contribution in [2.75, 3.05) is 0 Å². The number of aromatic nitrogens is 1. The molecule has 16 heavy (non-hydrogen) atoms. The van der Waals surface area contributed by atoms with Crippen LogP contribution < -0.4 is 0 Å². The van der Waals surface area contributed by atoms with Crippen LogP contribution in [0.2, 0.25) is 0 Å². The minimum absolute atomic E-state index is 1.22. The van der Waals surface area contributed by atoms with Crippen molar-refractivity contribution in [3.63, 3.8) is 0 Å². The van der Waals surface area contributed by atoms with Crippen LogP contribution in [0.3, 0.4) is 0 Å². The number of benzene rings is 1. The number of nitrogens with one attached hydrogen (secondary N) is 1. The first kappa shape index (κ1) is 11.3. The Kier molecular flexibility index (Phi) is 4.03. The fraction of sp³-hybridized carbons (Fsp3) is 0.467. The maximum atomic E-state index is 3.34. The number of aryl methyl sites for hydroxylation is 1. The van der Waals surface area contributed by atoms with Gasteiger partial charge in [-0.1, -0.05) is 50.8 Å². The lowest BCUT2D eigenvalue weighted by Crippen LogP contribution is -1.84. The number of hydrogen-bond acceptors (Lipinski definition) is 0. The van der Waals surface area contributed by atoms with E-state index in [-0.39, 0.29) is 0 Å².